The Balaban J connectivity index is 1.34. The lowest BCUT2D eigenvalue weighted by Gasteiger charge is -2.40. The molecule has 0 bridgehead atoms. The number of nitrogens with zero attached hydrogens (tertiary/aromatic N) is 4. The number of carbonyl (C=O) groups excluding carboxylic acids is 1. The number of amides is 1. The van der Waals surface area contributed by atoms with E-state index in [0.717, 1.165) is 12.3 Å². The fourth-order valence-corrected chi connectivity index (χ4v) is 3.47. The van der Waals surface area contributed by atoms with Gasteiger partial charge in [0.15, 0.2) is 11.2 Å². The van der Waals surface area contributed by atoms with Crippen LogP contribution in [0.5, 0.6) is 0 Å². The molecule has 2 N–H and O–H groups in total. The number of aromatic nitrogens is 3. The number of fused-ring (bicyclic) bond motifs is 1. The van der Waals surface area contributed by atoms with E-state index in [0.29, 0.717) is 36.8 Å². The molecule has 1 atom stereocenters. The second-order valence-corrected chi connectivity index (χ2v) is 7.30. The molecule has 0 aromatic carbocycles. The molecule has 12 heteroatoms. The van der Waals surface area contributed by atoms with Crippen LogP contribution in [-0.2, 0) is 11.0 Å². The third kappa shape index (κ3) is 4.68. The number of pyridine rings is 2. The van der Waals surface area contributed by atoms with Crippen molar-refractivity contribution in [3.8, 4) is 0 Å². The summed E-state index contributed by atoms with van der Waals surface area (Å²) in [6, 6.07) is 3.87. The van der Waals surface area contributed by atoms with E-state index in [1.165, 1.54) is 18.3 Å². The van der Waals surface area contributed by atoms with E-state index in [2.05, 4.69) is 20.3 Å². The van der Waals surface area contributed by atoms with Gasteiger partial charge in [-0.2, -0.15) is 13.2 Å². The first kappa shape index (κ1) is 20.8. The van der Waals surface area contributed by atoms with Gasteiger partial charge in [0.25, 0.3) is 0 Å². The van der Waals surface area contributed by atoms with Gasteiger partial charge in [0.2, 0.25) is 5.91 Å². The van der Waals surface area contributed by atoms with Crippen LogP contribution in [0.25, 0.3) is 11.2 Å². The molecule has 3 aromatic rings. The second-order valence-electron chi connectivity index (χ2n) is 7.30. The van der Waals surface area contributed by atoms with E-state index in [1.54, 1.807) is 0 Å². The predicted octanol–water partition coefficient (Wildman–Crippen LogP) is 2.08. The van der Waals surface area contributed by atoms with E-state index < -0.39 is 17.5 Å². The topological polar surface area (TPSA) is 107 Å². The van der Waals surface area contributed by atoms with Crippen molar-refractivity contribution in [1.29, 1.82) is 0 Å². The number of H-pyrrole nitrogens is 1. The average molecular weight is 436 g/mol. The minimum atomic E-state index is -4.42. The summed E-state index contributed by atoms with van der Waals surface area (Å²) in [6.07, 6.45) is -2.17. The third-order valence-electron chi connectivity index (χ3n) is 5.07. The molecule has 164 valence electrons. The number of piperazine rings is 1. The normalized spacial score (nSPS) is 17.8. The molecular formula is C19H19F3N6O3. The number of nitrogens with one attached hydrogen (secondary N) is 2. The number of hydrogen-bond acceptors (Lipinski definition) is 7. The zero-order valence-electron chi connectivity index (χ0n) is 16.4. The van der Waals surface area contributed by atoms with Crippen LogP contribution in [0.3, 0.4) is 0 Å². The van der Waals surface area contributed by atoms with Gasteiger partial charge in [-0.1, -0.05) is 0 Å². The first-order valence-electron chi connectivity index (χ1n) is 9.50. The van der Waals surface area contributed by atoms with Crippen molar-refractivity contribution in [2.75, 3.05) is 36.4 Å². The summed E-state index contributed by atoms with van der Waals surface area (Å²) < 4.78 is 43.1. The quantitative estimate of drug-likeness (QED) is 0.645. The van der Waals surface area contributed by atoms with Gasteiger partial charge in [-0.25, -0.2) is 14.8 Å². The Morgan fingerprint density at radius 1 is 1.29 bits per heavy atom. The smallest absolute Gasteiger partial charge is 0.406 e. The van der Waals surface area contributed by atoms with Crippen molar-refractivity contribution in [2.24, 2.45) is 0 Å². The molecule has 0 unspecified atom stereocenters. The fraction of sp³-hybridized carbons (Fsp3) is 0.368. The van der Waals surface area contributed by atoms with Gasteiger partial charge in [-0.15, -0.1) is 0 Å². The average Bonchev–Trinajstić information content (AvgIpc) is 3.08. The molecule has 0 saturated carbocycles. The molecule has 4 heterocycles. The third-order valence-corrected chi connectivity index (χ3v) is 5.07. The molecule has 0 spiro atoms. The maximum atomic E-state index is 12.7. The number of alkyl halides is 3. The lowest BCUT2D eigenvalue weighted by molar-refractivity contribution is -0.137. The highest BCUT2D eigenvalue weighted by molar-refractivity contribution is 5.93. The van der Waals surface area contributed by atoms with Gasteiger partial charge >= 0.3 is 11.9 Å². The minimum absolute atomic E-state index is 0.0214. The van der Waals surface area contributed by atoms with Crippen molar-refractivity contribution >= 4 is 28.6 Å². The molecule has 4 rings (SSSR count). The van der Waals surface area contributed by atoms with Crippen molar-refractivity contribution in [2.45, 2.75) is 19.1 Å². The van der Waals surface area contributed by atoms with Gasteiger partial charge in [-0.3, -0.25) is 14.7 Å². The summed E-state index contributed by atoms with van der Waals surface area (Å²) in [7, 11) is 0. The van der Waals surface area contributed by atoms with Crippen LogP contribution in [0.4, 0.5) is 24.7 Å². The number of oxazole rings is 1. The maximum absolute atomic E-state index is 12.7. The Bertz CT molecular complexity index is 1140. The highest BCUT2D eigenvalue weighted by Crippen LogP contribution is 2.29. The highest BCUT2D eigenvalue weighted by atomic mass is 19.4. The molecule has 1 aliphatic rings. The number of hydrogen-bond donors (Lipinski definition) is 2. The molecule has 3 aromatic heterocycles. The molecule has 0 radical (unpaired) electrons. The SMILES string of the molecule is C[C@@H]1CN(c2ccc(C(F)(F)F)cn2)CCN1CC(=O)Nc1cnc2[nH]c(=O)oc2c1. The van der Waals surface area contributed by atoms with Crippen molar-refractivity contribution < 1.29 is 22.4 Å². The zero-order valence-corrected chi connectivity index (χ0v) is 16.4. The van der Waals surface area contributed by atoms with Crippen LogP contribution >= 0.6 is 0 Å². The summed E-state index contributed by atoms with van der Waals surface area (Å²) in [5.74, 6) is -0.413. The Labute approximate surface area is 173 Å². The minimum Gasteiger partial charge on any atom is -0.406 e. The molecule has 1 amide bonds. The van der Waals surface area contributed by atoms with Gasteiger partial charge in [0.05, 0.1) is 24.0 Å². The Hall–Kier alpha value is -3.41. The van der Waals surface area contributed by atoms with Gasteiger partial charge < -0.3 is 14.6 Å². The number of carbonyl (C=O) groups is 1. The fourth-order valence-electron chi connectivity index (χ4n) is 3.47. The summed E-state index contributed by atoms with van der Waals surface area (Å²) in [5, 5.41) is 2.72. The Morgan fingerprint density at radius 2 is 2.10 bits per heavy atom. The second kappa shape index (κ2) is 8.02. The van der Waals surface area contributed by atoms with Crippen molar-refractivity contribution in [3.05, 3.63) is 46.7 Å². The highest BCUT2D eigenvalue weighted by Gasteiger charge is 2.31. The Morgan fingerprint density at radius 3 is 2.77 bits per heavy atom. The van der Waals surface area contributed by atoms with Crippen molar-refractivity contribution in [1.82, 2.24) is 19.9 Å². The van der Waals surface area contributed by atoms with Crippen LogP contribution < -0.4 is 16.0 Å². The van der Waals surface area contributed by atoms with E-state index in [-0.39, 0.29) is 24.1 Å². The van der Waals surface area contributed by atoms with Crippen LogP contribution in [0.2, 0.25) is 0 Å². The van der Waals surface area contributed by atoms with Gasteiger partial charge in [-0.05, 0) is 19.1 Å². The zero-order chi connectivity index (χ0) is 22.2. The number of anilines is 2. The summed E-state index contributed by atoms with van der Waals surface area (Å²) in [6.45, 7) is 3.66. The molecular weight excluding hydrogens is 417 g/mol. The largest absolute Gasteiger partial charge is 0.418 e. The van der Waals surface area contributed by atoms with Crippen LogP contribution in [0.15, 0.2) is 39.8 Å². The molecule has 0 aliphatic carbocycles. The van der Waals surface area contributed by atoms with Crippen LogP contribution in [-0.4, -0.2) is 58.0 Å². The first-order valence-corrected chi connectivity index (χ1v) is 9.50. The molecule has 9 nitrogen and oxygen atoms in total. The van der Waals surface area contributed by atoms with Gasteiger partial charge in [0.1, 0.15) is 5.82 Å². The number of rotatable bonds is 4. The van der Waals surface area contributed by atoms with Gasteiger partial charge in [0, 0.05) is 37.9 Å². The molecule has 1 fully saturated rings. The predicted molar refractivity (Wildman–Crippen MR) is 106 cm³/mol. The van der Waals surface area contributed by atoms with E-state index >= 15 is 0 Å². The molecule has 31 heavy (non-hydrogen) atoms. The summed E-state index contributed by atoms with van der Waals surface area (Å²) in [5.41, 5.74) is 0.158. The lowest BCUT2D eigenvalue weighted by Crippen LogP contribution is -2.54. The summed E-state index contributed by atoms with van der Waals surface area (Å²) in [4.78, 5) is 37.9. The Kier molecular flexibility index (Phi) is 5.39. The lowest BCUT2D eigenvalue weighted by atomic mass is 10.2. The number of halogens is 3. The van der Waals surface area contributed by atoms with Crippen molar-refractivity contribution in [3.63, 3.8) is 0 Å². The van der Waals surface area contributed by atoms with E-state index in [1.807, 2.05) is 16.7 Å². The number of aromatic amines is 1. The first-order chi connectivity index (χ1) is 14.7. The van der Waals surface area contributed by atoms with Crippen LogP contribution in [0, 0.1) is 0 Å². The molecule has 1 saturated heterocycles. The van der Waals surface area contributed by atoms with Crippen LogP contribution in [0.1, 0.15) is 12.5 Å². The van der Waals surface area contributed by atoms with E-state index in [9.17, 15) is 22.8 Å². The van der Waals surface area contributed by atoms with E-state index in [4.69, 9.17) is 4.42 Å². The standard InChI is InChI=1S/C19H19F3N6O3/c1-11-9-28(15-3-2-12(7-23-15)19(20,21)22)5-4-27(11)10-16(29)25-13-6-14-17(24-8-13)26-18(30)31-14/h2-3,6-8,11H,4-5,9-10H2,1H3,(H,25,29)(H,24,26,30)/t11-/m1/s1. The maximum Gasteiger partial charge on any atom is 0.418 e. The summed E-state index contributed by atoms with van der Waals surface area (Å²) >= 11 is 0. The monoisotopic (exact) mass is 436 g/mol. The molecule has 1 aliphatic heterocycles.